The molecule has 1 fully saturated rings. The minimum Gasteiger partial charge on any atom is -0.288 e. The Morgan fingerprint density at radius 1 is 1.42 bits per heavy atom. The Hall–Kier alpha value is 0.270. The minimum atomic E-state index is 0.225. The summed E-state index contributed by atoms with van der Waals surface area (Å²) in [5.74, 6) is 0.804. The third-order valence-electron chi connectivity index (χ3n) is 1.87. The lowest BCUT2D eigenvalue weighted by molar-refractivity contribution is 0.0209. The fourth-order valence-corrected chi connectivity index (χ4v) is 1.34. The van der Waals surface area contributed by atoms with Gasteiger partial charge in [0.05, 0.1) is 6.10 Å². The third kappa shape index (κ3) is 4.33. The van der Waals surface area contributed by atoms with Crippen LogP contribution in [0.15, 0.2) is 0 Å². The van der Waals surface area contributed by atoms with Gasteiger partial charge in [0.1, 0.15) is 0 Å². The van der Waals surface area contributed by atoms with Crippen molar-refractivity contribution in [3.05, 3.63) is 0 Å². The summed E-state index contributed by atoms with van der Waals surface area (Å²) < 4.78 is 0.225. The van der Waals surface area contributed by atoms with Gasteiger partial charge in [0.2, 0.25) is 0 Å². The molecule has 1 aliphatic rings. The van der Waals surface area contributed by atoms with Crippen LogP contribution in [0.1, 0.15) is 40.5 Å². The quantitative estimate of drug-likeness (QED) is 0.543. The third-order valence-corrected chi connectivity index (χ3v) is 2.66. The van der Waals surface area contributed by atoms with Crippen molar-refractivity contribution < 1.29 is 4.84 Å². The van der Waals surface area contributed by atoms with E-state index >= 15 is 0 Å². The van der Waals surface area contributed by atoms with Crippen molar-refractivity contribution in [2.45, 2.75) is 51.4 Å². The van der Waals surface area contributed by atoms with Gasteiger partial charge in [-0.25, -0.2) is 0 Å². The summed E-state index contributed by atoms with van der Waals surface area (Å²) in [5.41, 5.74) is 0. The SMILES string of the molecule is CC(ONSC(C)(C)C)C1CC1. The lowest BCUT2D eigenvalue weighted by atomic mass is 10.3. The van der Waals surface area contributed by atoms with Gasteiger partial charge in [0, 0.05) is 4.75 Å². The van der Waals surface area contributed by atoms with E-state index in [1.807, 2.05) is 0 Å². The maximum absolute atomic E-state index is 5.45. The molecule has 0 saturated heterocycles. The van der Waals surface area contributed by atoms with Crippen molar-refractivity contribution in [2.24, 2.45) is 5.92 Å². The van der Waals surface area contributed by atoms with Gasteiger partial charge in [-0.2, -0.15) is 0 Å². The Morgan fingerprint density at radius 3 is 2.42 bits per heavy atom. The summed E-state index contributed by atoms with van der Waals surface area (Å²) in [7, 11) is 0. The zero-order valence-corrected chi connectivity index (χ0v) is 9.20. The van der Waals surface area contributed by atoms with E-state index in [4.69, 9.17) is 4.84 Å². The number of hydrogen-bond donors (Lipinski definition) is 1. The van der Waals surface area contributed by atoms with Crippen LogP contribution in [-0.2, 0) is 4.84 Å². The molecular formula is C9H19NOS. The molecule has 0 spiro atoms. The maximum Gasteiger partial charge on any atom is 0.0801 e. The first kappa shape index (κ1) is 10.4. The molecule has 0 aromatic carbocycles. The van der Waals surface area contributed by atoms with E-state index in [2.05, 4.69) is 32.6 Å². The van der Waals surface area contributed by atoms with Crippen LogP contribution in [0.5, 0.6) is 0 Å². The van der Waals surface area contributed by atoms with Crippen LogP contribution in [0.4, 0.5) is 0 Å². The fraction of sp³-hybridized carbons (Fsp3) is 1.00. The molecule has 1 unspecified atom stereocenters. The average Bonchev–Trinajstić information content (AvgIpc) is 2.64. The van der Waals surface area contributed by atoms with Crippen molar-refractivity contribution in [1.82, 2.24) is 4.89 Å². The molecular weight excluding hydrogens is 170 g/mol. The largest absolute Gasteiger partial charge is 0.288 e. The second kappa shape index (κ2) is 3.99. The zero-order chi connectivity index (χ0) is 9.19. The summed E-state index contributed by atoms with van der Waals surface area (Å²) in [5, 5.41) is 0. The van der Waals surface area contributed by atoms with Crippen molar-refractivity contribution in [3.63, 3.8) is 0 Å². The van der Waals surface area contributed by atoms with Crippen LogP contribution in [-0.4, -0.2) is 10.9 Å². The predicted octanol–water partition coefficient (Wildman–Crippen LogP) is 2.75. The molecule has 0 aromatic rings. The van der Waals surface area contributed by atoms with E-state index in [1.165, 1.54) is 12.8 Å². The van der Waals surface area contributed by atoms with E-state index < -0.39 is 0 Å². The molecule has 0 aliphatic heterocycles. The predicted molar refractivity (Wildman–Crippen MR) is 53.8 cm³/mol. The van der Waals surface area contributed by atoms with Gasteiger partial charge in [-0.1, -0.05) is 0 Å². The second-order valence-corrected chi connectivity index (χ2v) is 6.05. The van der Waals surface area contributed by atoms with Crippen LogP contribution in [0.3, 0.4) is 0 Å². The monoisotopic (exact) mass is 189 g/mol. The van der Waals surface area contributed by atoms with Crippen LogP contribution in [0.2, 0.25) is 0 Å². The Morgan fingerprint density at radius 2 is 2.00 bits per heavy atom. The molecule has 3 heteroatoms. The highest BCUT2D eigenvalue weighted by Crippen LogP contribution is 2.34. The molecule has 0 bridgehead atoms. The summed E-state index contributed by atoms with van der Waals surface area (Å²) in [6.45, 7) is 8.62. The summed E-state index contributed by atoms with van der Waals surface area (Å²) in [4.78, 5) is 8.42. The summed E-state index contributed by atoms with van der Waals surface area (Å²) in [6, 6.07) is 0. The Balaban J connectivity index is 2.01. The molecule has 0 aromatic heterocycles. The highest BCUT2D eigenvalue weighted by atomic mass is 32.2. The van der Waals surface area contributed by atoms with E-state index in [1.54, 1.807) is 11.9 Å². The van der Waals surface area contributed by atoms with E-state index in [9.17, 15) is 0 Å². The summed E-state index contributed by atoms with van der Waals surface area (Å²) in [6.07, 6.45) is 3.05. The lowest BCUT2D eigenvalue weighted by Gasteiger charge is -2.19. The van der Waals surface area contributed by atoms with Crippen LogP contribution in [0, 0.1) is 5.92 Å². The molecule has 1 saturated carbocycles. The topological polar surface area (TPSA) is 21.3 Å². The van der Waals surface area contributed by atoms with Crippen molar-refractivity contribution in [2.75, 3.05) is 0 Å². The van der Waals surface area contributed by atoms with E-state index in [-0.39, 0.29) is 4.75 Å². The van der Waals surface area contributed by atoms with E-state index in [0.29, 0.717) is 6.10 Å². The lowest BCUT2D eigenvalue weighted by Crippen LogP contribution is -2.23. The van der Waals surface area contributed by atoms with Gasteiger partial charge in [-0.15, -0.1) is 4.89 Å². The first-order valence-corrected chi connectivity index (χ1v) is 5.39. The van der Waals surface area contributed by atoms with Crippen LogP contribution < -0.4 is 4.89 Å². The van der Waals surface area contributed by atoms with Crippen LogP contribution >= 0.6 is 11.9 Å². The Kier molecular flexibility index (Phi) is 3.44. The average molecular weight is 189 g/mol. The first-order valence-electron chi connectivity index (χ1n) is 4.58. The van der Waals surface area contributed by atoms with E-state index in [0.717, 1.165) is 5.92 Å². The zero-order valence-electron chi connectivity index (χ0n) is 8.39. The van der Waals surface area contributed by atoms with Gasteiger partial charge in [-0.3, -0.25) is 4.84 Å². The molecule has 0 radical (unpaired) electrons. The van der Waals surface area contributed by atoms with Crippen molar-refractivity contribution in [1.29, 1.82) is 0 Å². The van der Waals surface area contributed by atoms with Gasteiger partial charge in [0.15, 0.2) is 0 Å². The fourth-order valence-electron chi connectivity index (χ4n) is 0.887. The highest BCUT2D eigenvalue weighted by Gasteiger charge is 2.29. The standard InChI is InChI=1S/C9H19NOS/c1-7(8-5-6-8)11-10-12-9(2,3)4/h7-8,10H,5-6H2,1-4H3. The van der Waals surface area contributed by atoms with Gasteiger partial charge < -0.3 is 0 Å². The van der Waals surface area contributed by atoms with Gasteiger partial charge in [0.25, 0.3) is 0 Å². The molecule has 1 aliphatic carbocycles. The number of nitrogens with one attached hydrogen (secondary N) is 1. The Bertz CT molecular complexity index is 140. The normalized spacial score (nSPS) is 21.0. The molecule has 1 rings (SSSR count). The highest BCUT2D eigenvalue weighted by molar-refractivity contribution is 7.98. The smallest absolute Gasteiger partial charge is 0.0801 e. The molecule has 1 N–H and O–H groups in total. The van der Waals surface area contributed by atoms with Crippen molar-refractivity contribution in [3.8, 4) is 0 Å². The minimum absolute atomic E-state index is 0.225. The summed E-state index contributed by atoms with van der Waals surface area (Å²) >= 11 is 1.63. The molecule has 0 amide bonds. The van der Waals surface area contributed by atoms with Crippen molar-refractivity contribution >= 4 is 11.9 Å². The second-order valence-electron chi connectivity index (χ2n) is 4.46. The molecule has 1 atom stereocenters. The van der Waals surface area contributed by atoms with Gasteiger partial charge >= 0.3 is 0 Å². The molecule has 12 heavy (non-hydrogen) atoms. The molecule has 0 heterocycles. The van der Waals surface area contributed by atoms with Crippen LogP contribution in [0.25, 0.3) is 0 Å². The first-order chi connectivity index (χ1) is 5.49. The Labute approximate surface area is 79.5 Å². The molecule has 72 valence electrons. The number of hydrogen-bond acceptors (Lipinski definition) is 3. The van der Waals surface area contributed by atoms with Gasteiger partial charge in [-0.05, 0) is 58.4 Å². The maximum atomic E-state index is 5.45. The molecule has 2 nitrogen and oxygen atoms in total. The number of rotatable bonds is 4.